The molecule has 0 aliphatic carbocycles. The van der Waals surface area contributed by atoms with Gasteiger partial charge in [-0.3, -0.25) is 4.79 Å². The number of hydrogen-bond acceptors (Lipinski definition) is 4. The van der Waals surface area contributed by atoms with Crippen molar-refractivity contribution in [3.8, 4) is 5.75 Å². The Morgan fingerprint density at radius 1 is 1.16 bits per heavy atom. The summed E-state index contributed by atoms with van der Waals surface area (Å²) in [5, 5.41) is 6.61. The Bertz CT molecular complexity index is 867. The summed E-state index contributed by atoms with van der Waals surface area (Å²) in [4.78, 5) is 18.4. The Labute approximate surface area is 184 Å². The van der Waals surface area contributed by atoms with Crippen molar-refractivity contribution in [3.05, 3.63) is 54.1 Å². The van der Waals surface area contributed by atoms with Gasteiger partial charge in [0.25, 0.3) is 0 Å². The zero-order valence-corrected chi connectivity index (χ0v) is 18.4. The number of amides is 1. The molecule has 2 aromatic rings. The number of nitrogens with zero attached hydrogens (tertiary/aromatic N) is 2. The lowest BCUT2D eigenvalue weighted by molar-refractivity contribution is -0.117. The summed E-state index contributed by atoms with van der Waals surface area (Å²) in [6.45, 7) is 5.44. The van der Waals surface area contributed by atoms with E-state index in [9.17, 15) is 4.79 Å². The van der Waals surface area contributed by atoms with Gasteiger partial charge in [0, 0.05) is 57.1 Å². The zero-order chi connectivity index (χ0) is 21.9. The van der Waals surface area contributed by atoms with Crippen molar-refractivity contribution < 1.29 is 14.3 Å². The monoisotopic (exact) mass is 424 g/mol. The van der Waals surface area contributed by atoms with E-state index in [0.29, 0.717) is 32.1 Å². The Morgan fingerprint density at radius 2 is 2.00 bits per heavy atom. The van der Waals surface area contributed by atoms with Crippen LogP contribution in [-0.4, -0.2) is 45.3 Å². The summed E-state index contributed by atoms with van der Waals surface area (Å²) < 4.78 is 10.8. The highest BCUT2D eigenvalue weighted by Crippen LogP contribution is 2.22. The van der Waals surface area contributed by atoms with Gasteiger partial charge in [0.05, 0.1) is 13.2 Å². The summed E-state index contributed by atoms with van der Waals surface area (Å²) in [5.74, 6) is 1.72. The van der Waals surface area contributed by atoms with Crippen LogP contribution < -0.4 is 20.3 Å². The fourth-order valence-electron chi connectivity index (χ4n) is 3.37. The van der Waals surface area contributed by atoms with E-state index >= 15 is 0 Å². The topological polar surface area (TPSA) is 75.2 Å². The van der Waals surface area contributed by atoms with Crippen molar-refractivity contribution in [3.63, 3.8) is 0 Å². The van der Waals surface area contributed by atoms with E-state index in [2.05, 4.69) is 10.6 Å². The summed E-state index contributed by atoms with van der Waals surface area (Å²) in [5.41, 5.74) is 2.96. The van der Waals surface area contributed by atoms with Crippen LogP contribution in [0.1, 0.15) is 31.7 Å². The number of guanidine groups is 1. The van der Waals surface area contributed by atoms with Crippen LogP contribution in [0.4, 0.5) is 11.4 Å². The van der Waals surface area contributed by atoms with Crippen LogP contribution in [0, 0.1) is 0 Å². The fourth-order valence-corrected chi connectivity index (χ4v) is 3.37. The molecule has 31 heavy (non-hydrogen) atoms. The van der Waals surface area contributed by atoms with E-state index < -0.39 is 0 Å². The lowest BCUT2D eigenvalue weighted by atomic mass is 10.2. The molecule has 3 rings (SSSR count). The number of benzene rings is 2. The van der Waals surface area contributed by atoms with E-state index in [-0.39, 0.29) is 5.91 Å². The molecule has 0 spiro atoms. The molecule has 1 aliphatic rings. The van der Waals surface area contributed by atoms with E-state index in [1.54, 1.807) is 7.11 Å². The Morgan fingerprint density at radius 3 is 2.71 bits per heavy atom. The van der Waals surface area contributed by atoms with Crippen LogP contribution in [0.5, 0.6) is 5.75 Å². The third-order valence-corrected chi connectivity index (χ3v) is 4.94. The molecule has 1 amide bonds. The summed E-state index contributed by atoms with van der Waals surface area (Å²) in [6.07, 6.45) is 2.42. The number of nitrogens with one attached hydrogen (secondary N) is 2. The lowest BCUT2D eigenvalue weighted by Crippen LogP contribution is -2.30. The molecule has 1 saturated heterocycles. The van der Waals surface area contributed by atoms with Crippen LogP contribution in [-0.2, 0) is 16.1 Å². The maximum atomic E-state index is 11.9. The molecule has 166 valence electrons. The number of ether oxygens (including phenoxy) is 2. The fraction of sp³-hybridized carbons (Fsp3) is 0.417. The molecule has 7 heteroatoms. The first-order chi connectivity index (χ1) is 15.2. The van der Waals surface area contributed by atoms with Gasteiger partial charge in [0.15, 0.2) is 5.96 Å². The molecular formula is C24H32N4O3. The van der Waals surface area contributed by atoms with Crippen LogP contribution in [0.2, 0.25) is 0 Å². The van der Waals surface area contributed by atoms with Gasteiger partial charge < -0.3 is 25.0 Å². The summed E-state index contributed by atoms with van der Waals surface area (Å²) in [7, 11) is 1.69. The number of methoxy groups -OCH3 is 1. The van der Waals surface area contributed by atoms with E-state index in [1.807, 2.05) is 60.4 Å². The van der Waals surface area contributed by atoms with Crippen molar-refractivity contribution in [2.24, 2.45) is 4.99 Å². The minimum Gasteiger partial charge on any atom is -0.493 e. The van der Waals surface area contributed by atoms with Gasteiger partial charge >= 0.3 is 0 Å². The maximum absolute atomic E-state index is 11.9. The molecule has 0 unspecified atom stereocenters. The number of hydrogen-bond donors (Lipinski definition) is 2. The Balaban J connectivity index is 1.59. The van der Waals surface area contributed by atoms with Gasteiger partial charge in [-0.2, -0.15) is 0 Å². The highest BCUT2D eigenvalue weighted by molar-refractivity contribution is 5.95. The van der Waals surface area contributed by atoms with E-state index in [0.717, 1.165) is 48.6 Å². The van der Waals surface area contributed by atoms with Crippen molar-refractivity contribution in [1.29, 1.82) is 0 Å². The second-order valence-electron chi connectivity index (χ2n) is 7.36. The standard InChI is InChI=1S/C24H32N4O3/c1-3-25-24(27-20-7-4-8-22(17-20)31-16-6-15-30-2)26-18-19-10-12-21(13-11-19)28-14-5-9-23(28)29/h4,7-8,10-13,17H,3,5-6,9,14-16,18H2,1-2H3,(H2,25,26,27). The number of carbonyl (C=O) groups is 1. The Hall–Kier alpha value is -3.06. The number of anilines is 2. The smallest absolute Gasteiger partial charge is 0.227 e. The van der Waals surface area contributed by atoms with E-state index in [4.69, 9.17) is 14.5 Å². The quantitative estimate of drug-likeness (QED) is 0.345. The van der Waals surface area contributed by atoms with Gasteiger partial charge in [-0.1, -0.05) is 18.2 Å². The molecule has 1 heterocycles. The summed E-state index contributed by atoms with van der Waals surface area (Å²) in [6, 6.07) is 15.9. The predicted octanol–water partition coefficient (Wildman–Crippen LogP) is 3.81. The molecular weight excluding hydrogens is 392 g/mol. The molecule has 7 nitrogen and oxygen atoms in total. The van der Waals surface area contributed by atoms with Crippen LogP contribution in [0.25, 0.3) is 0 Å². The van der Waals surface area contributed by atoms with Crippen molar-refractivity contribution in [2.75, 3.05) is 43.6 Å². The van der Waals surface area contributed by atoms with Crippen molar-refractivity contribution >= 4 is 23.2 Å². The lowest BCUT2D eigenvalue weighted by Gasteiger charge is -2.16. The average molecular weight is 425 g/mol. The molecule has 0 saturated carbocycles. The first-order valence-corrected chi connectivity index (χ1v) is 10.9. The minimum atomic E-state index is 0.203. The predicted molar refractivity (Wildman–Crippen MR) is 125 cm³/mol. The number of aliphatic imine (C=N–C) groups is 1. The van der Waals surface area contributed by atoms with Crippen molar-refractivity contribution in [1.82, 2.24) is 5.32 Å². The van der Waals surface area contributed by atoms with Crippen LogP contribution >= 0.6 is 0 Å². The average Bonchev–Trinajstić information content (AvgIpc) is 3.22. The number of carbonyl (C=O) groups excluding carboxylic acids is 1. The molecule has 0 bridgehead atoms. The first-order valence-electron chi connectivity index (χ1n) is 10.9. The zero-order valence-electron chi connectivity index (χ0n) is 18.4. The van der Waals surface area contributed by atoms with Gasteiger partial charge in [-0.25, -0.2) is 4.99 Å². The second kappa shape index (κ2) is 12.0. The SMILES string of the molecule is CCNC(=NCc1ccc(N2CCCC2=O)cc1)Nc1cccc(OCCCOC)c1. The number of rotatable bonds is 10. The third kappa shape index (κ3) is 7.00. The van der Waals surface area contributed by atoms with Gasteiger partial charge in [0.1, 0.15) is 5.75 Å². The van der Waals surface area contributed by atoms with E-state index in [1.165, 1.54) is 0 Å². The molecule has 0 radical (unpaired) electrons. The highest BCUT2D eigenvalue weighted by Gasteiger charge is 2.21. The second-order valence-corrected chi connectivity index (χ2v) is 7.36. The Kier molecular flexibility index (Phi) is 8.72. The minimum absolute atomic E-state index is 0.203. The molecule has 0 atom stereocenters. The third-order valence-electron chi connectivity index (χ3n) is 4.94. The summed E-state index contributed by atoms with van der Waals surface area (Å²) >= 11 is 0. The van der Waals surface area contributed by atoms with Gasteiger partial charge in [0.2, 0.25) is 5.91 Å². The molecule has 2 N–H and O–H groups in total. The van der Waals surface area contributed by atoms with Crippen molar-refractivity contribution in [2.45, 2.75) is 32.7 Å². The molecule has 1 aliphatic heterocycles. The maximum Gasteiger partial charge on any atom is 0.227 e. The molecule has 2 aromatic carbocycles. The van der Waals surface area contributed by atoms with Gasteiger partial charge in [-0.15, -0.1) is 0 Å². The molecule has 0 aromatic heterocycles. The first kappa shape index (κ1) is 22.6. The largest absolute Gasteiger partial charge is 0.493 e. The molecule has 1 fully saturated rings. The highest BCUT2D eigenvalue weighted by atomic mass is 16.5. The van der Waals surface area contributed by atoms with Crippen LogP contribution in [0.3, 0.4) is 0 Å². The van der Waals surface area contributed by atoms with Crippen LogP contribution in [0.15, 0.2) is 53.5 Å². The normalized spacial score (nSPS) is 14.1. The van der Waals surface area contributed by atoms with Gasteiger partial charge in [-0.05, 0) is 43.2 Å².